The molecule has 1 aromatic heterocycles. The molecule has 0 saturated heterocycles. The Morgan fingerprint density at radius 1 is 1.50 bits per heavy atom. The van der Waals surface area contributed by atoms with Crippen molar-refractivity contribution in [3.63, 3.8) is 0 Å². The summed E-state index contributed by atoms with van der Waals surface area (Å²) in [6, 6.07) is 0.390. The number of hydrogen-bond donors (Lipinski definition) is 2. The maximum absolute atomic E-state index is 11.7. The minimum Gasteiger partial charge on any atom is -0.353 e. The van der Waals surface area contributed by atoms with Gasteiger partial charge in [-0.25, -0.2) is 4.98 Å². The zero-order chi connectivity index (χ0) is 12.8. The fourth-order valence-corrected chi connectivity index (χ4v) is 2.79. The summed E-state index contributed by atoms with van der Waals surface area (Å²) in [5.41, 5.74) is 0. The van der Waals surface area contributed by atoms with Gasteiger partial charge in [0, 0.05) is 12.5 Å². The van der Waals surface area contributed by atoms with Crippen molar-refractivity contribution in [1.29, 1.82) is 0 Å². The normalized spacial score (nSPS) is 16.1. The highest BCUT2D eigenvalue weighted by Gasteiger charge is 2.17. The third-order valence-electron chi connectivity index (χ3n) is 3.05. The van der Waals surface area contributed by atoms with Crippen molar-refractivity contribution in [2.45, 2.75) is 56.6 Å². The van der Waals surface area contributed by atoms with Crippen molar-refractivity contribution < 1.29 is 4.79 Å². The van der Waals surface area contributed by atoms with E-state index in [1.54, 1.807) is 0 Å². The van der Waals surface area contributed by atoms with Crippen molar-refractivity contribution in [3.05, 3.63) is 5.82 Å². The highest BCUT2D eigenvalue weighted by atomic mass is 32.2. The third kappa shape index (κ3) is 4.01. The predicted octanol–water partition coefficient (Wildman–Crippen LogP) is 1.91. The number of aryl methyl sites for hydroxylation is 1. The molecule has 2 rings (SSSR count). The third-order valence-corrected chi connectivity index (χ3v) is 3.90. The number of carbonyl (C=O) groups is 1. The molecule has 5 nitrogen and oxygen atoms in total. The second kappa shape index (κ2) is 6.78. The van der Waals surface area contributed by atoms with Crippen molar-refractivity contribution >= 4 is 17.7 Å². The summed E-state index contributed by atoms with van der Waals surface area (Å²) in [6.45, 7) is 2.10. The van der Waals surface area contributed by atoms with Gasteiger partial charge >= 0.3 is 0 Å². The summed E-state index contributed by atoms with van der Waals surface area (Å²) >= 11 is 1.39. The average molecular weight is 268 g/mol. The van der Waals surface area contributed by atoms with Gasteiger partial charge in [0.25, 0.3) is 0 Å². The highest BCUT2D eigenvalue weighted by molar-refractivity contribution is 7.99. The smallest absolute Gasteiger partial charge is 0.230 e. The molecule has 0 unspecified atom stereocenters. The van der Waals surface area contributed by atoms with Crippen LogP contribution >= 0.6 is 11.8 Å². The molecule has 1 aliphatic rings. The van der Waals surface area contributed by atoms with Crippen LogP contribution in [0, 0.1) is 0 Å². The average Bonchev–Trinajstić information content (AvgIpc) is 2.99. The van der Waals surface area contributed by atoms with E-state index in [0.29, 0.717) is 17.0 Å². The lowest BCUT2D eigenvalue weighted by Gasteiger charge is -2.10. The van der Waals surface area contributed by atoms with Gasteiger partial charge in [0.2, 0.25) is 11.1 Å². The van der Waals surface area contributed by atoms with Gasteiger partial charge < -0.3 is 5.32 Å². The molecule has 0 spiro atoms. The Hall–Kier alpha value is -1.04. The molecule has 6 heteroatoms. The van der Waals surface area contributed by atoms with E-state index >= 15 is 0 Å². The molecule has 0 radical (unpaired) electrons. The Morgan fingerprint density at radius 3 is 3.00 bits per heavy atom. The number of hydrogen-bond acceptors (Lipinski definition) is 4. The maximum Gasteiger partial charge on any atom is 0.230 e. The van der Waals surface area contributed by atoms with Gasteiger partial charge in [0.1, 0.15) is 5.82 Å². The van der Waals surface area contributed by atoms with Crippen molar-refractivity contribution in [3.8, 4) is 0 Å². The number of aromatic amines is 1. The minimum atomic E-state index is 0.0914. The Bertz CT molecular complexity index is 387. The number of nitrogens with zero attached hydrogens (tertiary/aromatic N) is 2. The number of carbonyl (C=O) groups excluding carboxylic acids is 1. The summed E-state index contributed by atoms with van der Waals surface area (Å²) in [6.07, 6.45) is 6.66. The van der Waals surface area contributed by atoms with E-state index in [4.69, 9.17) is 0 Å². The van der Waals surface area contributed by atoms with Gasteiger partial charge in [-0.05, 0) is 19.3 Å². The lowest BCUT2D eigenvalue weighted by Crippen LogP contribution is -2.33. The Labute approximate surface area is 112 Å². The van der Waals surface area contributed by atoms with Gasteiger partial charge in [-0.3, -0.25) is 9.89 Å². The molecular weight excluding hydrogens is 248 g/mol. The molecule has 0 aromatic carbocycles. The summed E-state index contributed by atoms with van der Waals surface area (Å²) in [7, 11) is 0. The van der Waals surface area contributed by atoms with Gasteiger partial charge in [-0.1, -0.05) is 31.5 Å². The first-order chi connectivity index (χ1) is 8.78. The highest BCUT2D eigenvalue weighted by Crippen LogP contribution is 2.18. The molecule has 0 atom stereocenters. The number of thioether (sulfide) groups is 1. The lowest BCUT2D eigenvalue weighted by molar-refractivity contribution is -0.119. The topological polar surface area (TPSA) is 70.7 Å². The second-order valence-electron chi connectivity index (χ2n) is 4.65. The predicted molar refractivity (Wildman–Crippen MR) is 71.5 cm³/mol. The van der Waals surface area contributed by atoms with Crippen molar-refractivity contribution in [1.82, 2.24) is 20.5 Å². The van der Waals surface area contributed by atoms with Crippen LogP contribution in [0.15, 0.2) is 5.16 Å². The molecule has 1 amide bonds. The van der Waals surface area contributed by atoms with Crippen LogP contribution in [-0.2, 0) is 11.2 Å². The van der Waals surface area contributed by atoms with Gasteiger partial charge in [-0.15, -0.1) is 5.10 Å². The second-order valence-corrected chi connectivity index (χ2v) is 5.59. The van der Waals surface area contributed by atoms with E-state index in [9.17, 15) is 4.79 Å². The molecule has 100 valence electrons. The molecule has 1 aliphatic carbocycles. The zero-order valence-electron chi connectivity index (χ0n) is 10.7. The standard InChI is InChI=1S/C12H20N4OS/c1-2-5-10-14-12(16-15-10)18-8-11(17)13-9-6-3-4-7-9/h9H,2-8H2,1H3,(H,13,17)(H,14,15,16). The van der Waals surface area contributed by atoms with Crippen LogP contribution in [0.2, 0.25) is 0 Å². The number of rotatable bonds is 6. The van der Waals surface area contributed by atoms with Crippen LogP contribution in [0.5, 0.6) is 0 Å². The summed E-state index contributed by atoms with van der Waals surface area (Å²) < 4.78 is 0. The molecule has 18 heavy (non-hydrogen) atoms. The SMILES string of the molecule is CCCc1nc(SCC(=O)NC2CCCC2)n[nH]1. The summed E-state index contributed by atoms with van der Waals surface area (Å²) in [5, 5.41) is 10.7. The lowest BCUT2D eigenvalue weighted by atomic mass is 10.2. The quantitative estimate of drug-likeness (QED) is 0.773. The van der Waals surface area contributed by atoms with Gasteiger partial charge in [0.05, 0.1) is 5.75 Å². The van der Waals surface area contributed by atoms with Crippen molar-refractivity contribution in [2.75, 3.05) is 5.75 Å². The number of amides is 1. The van der Waals surface area contributed by atoms with E-state index in [1.165, 1.54) is 24.6 Å². The largest absolute Gasteiger partial charge is 0.353 e. The fourth-order valence-electron chi connectivity index (χ4n) is 2.16. The molecule has 0 aliphatic heterocycles. The minimum absolute atomic E-state index is 0.0914. The molecule has 1 saturated carbocycles. The van der Waals surface area contributed by atoms with Crippen LogP contribution in [0.25, 0.3) is 0 Å². The van der Waals surface area contributed by atoms with E-state index in [2.05, 4.69) is 27.4 Å². The van der Waals surface area contributed by atoms with E-state index in [0.717, 1.165) is 31.5 Å². The van der Waals surface area contributed by atoms with Crippen molar-refractivity contribution in [2.24, 2.45) is 0 Å². The van der Waals surface area contributed by atoms with E-state index in [-0.39, 0.29) is 5.91 Å². The number of aromatic nitrogens is 3. The monoisotopic (exact) mass is 268 g/mol. The Morgan fingerprint density at radius 2 is 2.28 bits per heavy atom. The summed E-state index contributed by atoms with van der Waals surface area (Å²) in [4.78, 5) is 16.0. The molecule has 1 aromatic rings. The van der Waals surface area contributed by atoms with E-state index < -0.39 is 0 Å². The van der Waals surface area contributed by atoms with E-state index in [1.807, 2.05) is 0 Å². The van der Waals surface area contributed by atoms with Gasteiger partial charge in [-0.2, -0.15) is 0 Å². The molecular formula is C12H20N4OS. The first-order valence-corrected chi connectivity index (χ1v) is 7.60. The van der Waals surface area contributed by atoms with Crippen LogP contribution in [0.4, 0.5) is 0 Å². The Kier molecular flexibility index (Phi) is 5.04. The number of nitrogens with one attached hydrogen (secondary N) is 2. The van der Waals surface area contributed by atoms with Crippen LogP contribution in [-0.4, -0.2) is 32.9 Å². The van der Waals surface area contributed by atoms with Gasteiger partial charge in [0.15, 0.2) is 0 Å². The molecule has 1 fully saturated rings. The maximum atomic E-state index is 11.7. The number of H-pyrrole nitrogens is 1. The van der Waals surface area contributed by atoms with Crippen LogP contribution in [0.1, 0.15) is 44.9 Å². The first kappa shape index (κ1) is 13.4. The molecule has 2 N–H and O–H groups in total. The molecule has 1 heterocycles. The first-order valence-electron chi connectivity index (χ1n) is 6.61. The van der Waals surface area contributed by atoms with Crippen LogP contribution < -0.4 is 5.32 Å². The zero-order valence-corrected chi connectivity index (χ0v) is 11.6. The fraction of sp³-hybridized carbons (Fsp3) is 0.750. The summed E-state index contributed by atoms with van der Waals surface area (Å²) in [5.74, 6) is 1.39. The molecule has 0 bridgehead atoms. The Balaban J connectivity index is 1.70. The van der Waals surface area contributed by atoms with Crippen LogP contribution in [0.3, 0.4) is 0 Å².